The van der Waals surface area contributed by atoms with Crippen molar-refractivity contribution in [2.24, 2.45) is 0 Å². The molecule has 0 fully saturated rings. The normalized spacial score (nSPS) is 12.1. The molecule has 0 bridgehead atoms. The summed E-state index contributed by atoms with van der Waals surface area (Å²) in [6.45, 7) is 0. The van der Waals surface area contributed by atoms with E-state index >= 15 is 0 Å². The van der Waals surface area contributed by atoms with E-state index in [0.717, 1.165) is 5.56 Å². The van der Waals surface area contributed by atoms with E-state index in [4.69, 9.17) is 16.3 Å². The Balaban J connectivity index is 2.08. The van der Waals surface area contributed by atoms with Crippen LogP contribution in [0.1, 0.15) is 11.9 Å². The van der Waals surface area contributed by atoms with Gasteiger partial charge in [0.1, 0.15) is 5.75 Å². The van der Waals surface area contributed by atoms with E-state index in [1.54, 1.807) is 36.4 Å². The molecule has 3 heteroatoms. The summed E-state index contributed by atoms with van der Waals surface area (Å²) in [6.07, 6.45) is -0.956. The average molecular weight is 235 g/mol. The number of hydrogen-bond donors (Lipinski definition) is 1. The molecule has 1 unspecified atom stereocenters. The molecule has 16 heavy (non-hydrogen) atoms. The lowest BCUT2D eigenvalue weighted by molar-refractivity contribution is -0.0194. The van der Waals surface area contributed by atoms with Gasteiger partial charge in [-0.25, -0.2) is 0 Å². The van der Waals surface area contributed by atoms with E-state index in [9.17, 15) is 5.11 Å². The fraction of sp³-hybridized carbons (Fsp3) is 0.0769. The van der Waals surface area contributed by atoms with Crippen LogP contribution in [-0.2, 0) is 0 Å². The number of aliphatic hydroxyl groups is 1. The first-order valence-corrected chi connectivity index (χ1v) is 5.29. The van der Waals surface area contributed by atoms with Gasteiger partial charge in [-0.3, -0.25) is 0 Å². The molecule has 82 valence electrons. The number of aliphatic hydroxyl groups excluding tert-OH is 1. The monoisotopic (exact) mass is 234 g/mol. The van der Waals surface area contributed by atoms with Crippen LogP contribution in [0.15, 0.2) is 54.6 Å². The first kappa shape index (κ1) is 11.0. The smallest absolute Gasteiger partial charge is 0.224 e. The highest BCUT2D eigenvalue weighted by Crippen LogP contribution is 2.21. The van der Waals surface area contributed by atoms with E-state index in [-0.39, 0.29) is 0 Å². The van der Waals surface area contributed by atoms with Crippen molar-refractivity contribution in [3.05, 3.63) is 65.2 Å². The maximum atomic E-state index is 9.79. The van der Waals surface area contributed by atoms with E-state index < -0.39 is 6.29 Å². The van der Waals surface area contributed by atoms with Gasteiger partial charge in [-0.15, -0.1) is 0 Å². The number of hydrogen-bond acceptors (Lipinski definition) is 2. The minimum atomic E-state index is -0.956. The second-order valence-corrected chi connectivity index (χ2v) is 3.77. The summed E-state index contributed by atoms with van der Waals surface area (Å²) in [5.74, 6) is 0.584. The number of rotatable bonds is 3. The first-order valence-electron chi connectivity index (χ1n) is 4.91. The molecule has 0 aliphatic rings. The SMILES string of the molecule is OC(Oc1ccc(Cl)cc1)c1ccccc1. The molecule has 0 aliphatic heterocycles. The Morgan fingerprint density at radius 3 is 2.19 bits per heavy atom. The van der Waals surface area contributed by atoms with Gasteiger partial charge in [-0.2, -0.15) is 0 Å². The third kappa shape index (κ3) is 2.75. The van der Waals surface area contributed by atoms with Crippen molar-refractivity contribution in [1.29, 1.82) is 0 Å². The summed E-state index contributed by atoms with van der Waals surface area (Å²) in [7, 11) is 0. The van der Waals surface area contributed by atoms with Crippen LogP contribution < -0.4 is 4.74 Å². The summed E-state index contributed by atoms with van der Waals surface area (Å²) in [4.78, 5) is 0. The van der Waals surface area contributed by atoms with Crippen LogP contribution in [0.2, 0.25) is 5.02 Å². The van der Waals surface area contributed by atoms with Gasteiger partial charge in [-0.05, 0) is 24.3 Å². The van der Waals surface area contributed by atoms with Crippen molar-refractivity contribution in [2.75, 3.05) is 0 Å². The maximum Gasteiger partial charge on any atom is 0.224 e. The van der Waals surface area contributed by atoms with Gasteiger partial charge < -0.3 is 9.84 Å². The molecule has 0 spiro atoms. The first-order chi connectivity index (χ1) is 7.75. The summed E-state index contributed by atoms with van der Waals surface area (Å²) in [5.41, 5.74) is 0.720. The van der Waals surface area contributed by atoms with Crippen LogP contribution in [0.5, 0.6) is 5.75 Å². The summed E-state index contributed by atoms with van der Waals surface area (Å²) < 4.78 is 5.35. The predicted octanol–water partition coefficient (Wildman–Crippen LogP) is 3.41. The Kier molecular flexibility index (Phi) is 3.44. The summed E-state index contributed by atoms with van der Waals surface area (Å²) in [5, 5.41) is 10.4. The molecule has 0 radical (unpaired) electrons. The molecule has 0 heterocycles. The fourth-order valence-corrected chi connectivity index (χ4v) is 1.45. The van der Waals surface area contributed by atoms with Gasteiger partial charge in [0.25, 0.3) is 0 Å². The fourth-order valence-electron chi connectivity index (χ4n) is 1.33. The molecular formula is C13H11ClO2. The lowest BCUT2D eigenvalue weighted by atomic mass is 10.2. The molecule has 0 saturated heterocycles. The number of ether oxygens (including phenoxy) is 1. The van der Waals surface area contributed by atoms with Crippen molar-refractivity contribution in [3.8, 4) is 5.75 Å². The van der Waals surface area contributed by atoms with Crippen molar-refractivity contribution in [2.45, 2.75) is 6.29 Å². The van der Waals surface area contributed by atoms with E-state index in [1.165, 1.54) is 0 Å². The molecule has 2 aromatic carbocycles. The number of halogens is 1. The Bertz CT molecular complexity index is 439. The minimum absolute atomic E-state index is 0.584. The Morgan fingerprint density at radius 2 is 1.56 bits per heavy atom. The molecule has 2 aromatic rings. The summed E-state index contributed by atoms with van der Waals surface area (Å²) >= 11 is 5.75. The van der Waals surface area contributed by atoms with Gasteiger partial charge in [0, 0.05) is 10.6 Å². The Labute approximate surface area is 99.1 Å². The second-order valence-electron chi connectivity index (χ2n) is 3.33. The highest BCUT2D eigenvalue weighted by atomic mass is 35.5. The molecule has 2 nitrogen and oxygen atoms in total. The van der Waals surface area contributed by atoms with E-state index in [1.807, 2.05) is 18.2 Å². The van der Waals surface area contributed by atoms with Gasteiger partial charge in [0.2, 0.25) is 6.29 Å². The Hall–Kier alpha value is -1.51. The second kappa shape index (κ2) is 5.01. The molecule has 0 amide bonds. The van der Waals surface area contributed by atoms with Crippen LogP contribution in [0.25, 0.3) is 0 Å². The van der Waals surface area contributed by atoms with Gasteiger partial charge in [-0.1, -0.05) is 41.9 Å². The zero-order valence-corrected chi connectivity index (χ0v) is 9.26. The van der Waals surface area contributed by atoms with E-state index in [0.29, 0.717) is 10.8 Å². The molecule has 0 saturated carbocycles. The quantitative estimate of drug-likeness (QED) is 0.825. The topological polar surface area (TPSA) is 29.5 Å². The third-order valence-corrected chi connectivity index (χ3v) is 2.40. The number of benzene rings is 2. The van der Waals surface area contributed by atoms with Crippen LogP contribution in [0, 0.1) is 0 Å². The van der Waals surface area contributed by atoms with Gasteiger partial charge in [0.15, 0.2) is 0 Å². The third-order valence-electron chi connectivity index (χ3n) is 2.15. The van der Waals surface area contributed by atoms with Crippen molar-refractivity contribution in [1.82, 2.24) is 0 Å². The molecule has 1 atom stereocenters. The largest absolute Gasteiger partial charge is 0.461 e. The van der Waals surface area contributed by atoms with Crippen molar-refractivity contribution in [3.63, 3.8) is 0 Å². The van der Waals surface area contributed by atoms with Crippen LogP contribution in [0.4, 0.5) is 0 Å². The van der Waals surface area contributed by atoms with Crippen molar-refractivity contribution >= 4 is 11.6 Å². The minimum Gasteiger partial charge on any atom is -0.461 e. The zero-order valence-electron chi connectivity index (χ0n) is 8.51. The lowest BCUT2D eigenvalue weighted by Crippen LogP contribution is -2.05. The standard InChI is InChI=1S/C13H11ClO2/c14-11-6-8-12(9-7-11)16-13(15)10-4-2-1-3-5-10/h1-9,13,15H. The highest BCUT2D eigenvalue weighted by molar-refractivity contribution is 6.30. The maximum absolute atomic E-state index is 9.79. The molecule has 1 N–H and O–H groups in total. The molecule has 0 aromatic heterocycles. The zero-order chi connectivity index (χ0) is 11.4. The predicted molar refractivity (Wildman–Crippen MR) is 63.5 cm³/mol. The summed E-state index contributed by atoms with van der Waals surface area (Å²) in [6, 6.07) is 16.1. The van der Waals surface area contributed by atoms with Gasteiger partial charge in [0.05, 0.1) is 0 Å². The van der Waals surface area contributed by atoms with Gasteiger partial charge >= 0.3 is 0 Å². The molecule has 2 rings (SSSR count). The molecular weight excluding hydrogens is 224 g/mol. The van der Waals surface area contributed by atoms with Crippen LogP contribution in [-0.4, -0.2) is 5.11 Å². The lowest BCUT2D eigenvalue weighted by Gasteiger charge is -2.13. The molecule has 0 aliphatic carbocycles. The Morgan fingerprint density at radius 1 is 0.938 bits per heavy atom. The average Bonchev–Trinajstić information content (AvgIpc) is 2.33. The van der Waals surface area contributed by atoms with Crippen LogP contribution >= 0.6 is 11.6 Å². The van der Waals surface area contributed by atoms with Crippen LogP contribution in [0.3, 0.4) is 0 Å². The highest BCUT2D eigenvalue weighted by Gasteiger charge is 2.07. The van der Waals surface area contributed by atoms with E-state index in [2.05, 4.69) is 0 Å². The van der Waals surface area contributed by atoms with Crippen molar-refractivity contribution < 1.29 is 9.84 Å².